The van der Waals surface area contributed by atoms with Crippen LogP contribution in [0, 0.1) is 11.2 Å². The summed E-state index contributed by atoms with van der Waals surface area (Å²) in [5, 5.41) is 7.36. The van der Waals surface area contributed by atoms with E-state index in [0.717, 1.165) is 22.6 Å². The number of hydrogen-bond donors (Lipinski definition) is 2. The molecular formula is C30H28Cl2FN3O2. The molecule has 2 N–H and O–H groups in total. The van der Waals surface area contributed by atoms with Crippen molar-refractivity contribution in [2.45, 2.75) is 39.3 Å². The fourth-order valence-corrected chi connectivity index (χ4v) is 5.80. The maximum atomic E-state index is 13.8. The largest absolute Gasteiger partial charge is 0.357 e. The number of hydrogen-bond acceptors (Lipinski definition) is 4. The third-order valence-corrected chi connectivity index (χ3v) is 7.54. The molecule has 196 valence electrons. The first-order valence-corrected chi connectivity index (χ1v) is 13.2. The number of Topliss-reactive ketones (excluding diaryl/α,β-unsaturated/α-hetero) is 1. The average Bonchev–Trinajstić information content (AvgIpc) is 2.97. The van der Waals surface area contributed by atoms with Gasteiger partial charge in [-0.15, -0.1) is 0 Å². The Balaban J connectivity index is 1.59. The molecule has 1 aliphatic carbocycles. The van der Waals surface area contributed by atoms with E-state index in [-0.39, 0.29) is 36.0 Å². The van der Waals surface area contributed by atoms with Crippen LogP contribution in [0.25, 0.3) is 0 Å². The molecule has 1 amide bonds. The molecule has 3 aromatic rings. The van der Waals surface area contributed by atoms with E-state index in [1.807, 2.05) is 35.2 Å². The molecule has 5 nitrogen and oxygen atoms in total. The molecule has 1 atom stereocenters. The summed E-state index contributed by atoms with van der Waals surface area (Å²) in [5.74, 6) is -0.558. The number of rotatable bonds is 5. The van der Waals surface area contributed by atoms with E-state index in [1.165, 1.54) is 12.1 Å². The molecule has 0 bridgehead atoms. The molecule has 0 radical (unpaired) electrons. The number of nitrogens with one attached hydrogen (secondary N) is 2. The lowest BCUT2D eigenvalue weighted by atomic mass is 9.73. The summed E-state index contributed by atoms with van der Waals surface area (Å²) >= 11 is 13.0. The fourth-order valence-electron chi connectivity index (χ4n) is 5.29. The highest BCUT2D eigenvalue weighted by Gasteiger charge is 2.42. The summed E-state index contributed by atoms with van der Waals surface area (Å²) < 4.78 is 13.3. The number of benzene rings is 3. The summed E-state index contributed by atoms with van der Waals surface area (Å²) in [6.45, 7) is 4.38. The van der Waals surface area contributed by atoms with Gasteiger partial charge in [-0.1, -0.05) is 67.4 Å². The first-order valence-electron chi connectivity index (χ1n) is 12.5. The molecule has 0 saturated carbocycles. The van der Waals surface area contributed by atoms with Crippen LogP contribution in [-0.2, 0) is 16.1 Å². The van der Waals surface area contributed by atoms with Gasteiger partial charge < -0.3 is 15.5 Å². The summed E-state index contributed by atoms with van der Waals surface area (Å²) in [4.78, 5) is 29.0. The molecule has 5 rings (SSSR count). The van der Waals surface area contributed by atoms with Gasteiger partial charge in [0.1, 0.15) is 5.82 Å². The molecular weight excluding hydrogens is 524 g/mol. The van der Waals surface area contributed by atoms with Gasteiger partial charge in [0.2, 0.25) is 5.91 Å². The molecule has 1 aliphatic heterocycles. The van der Waals surface area contributed by atoms with Crippen LogP contribution in [0.15, 0.2) is 78.0 Å². The fraction of sp³-hybridized carbons (Fsp3) is 0.267. The van der Waals surface area contributed by atoms with Crippen LogP contribution >= 0.6 is 23.2 Å². The quantitative estimate of drug-likeness (QED) is 0.356. The van der Waals surface area contributed by atoms with Crippen molar-refractivity contribution in [3.05, 3.63) is 105 Å². The van der Waals surface area contributed by atoms with Crippen molar-refractivity contribution >= 4 is 46.3 Å². The number of allylic oxidation sites excluding steroid dienone is 1. The Kier molecular flexibility index (Phi) is 7.21. The second kappa shape index (κ2) is 10.4. The number of fused-ring (bicyclic) bond motifs is 1. The summed E-state index contributed by atoms with van der Waals surface area (Å²) in [6, 6.07) is 18.3. The predicted octanol–water partition coefficient (Wildman–Crippen LogP) is 7.07. The number of anilines is 2. The van der Waals surface area contributed by atoms with Crippen LogP contribution < -0.4 is 15.5 Å². The first kappa shape index (κ1) is 26.3. The van der Waals surface area contributed by atoms with Crippen molar-refractivity contribution in [3.8, 4) is 0 Å². The molecule has 3 aromatic carbocycles. The van der Waals surface area contributed by atoms with Gasteiger partial charge in [0.25, 0.3) is 0 Å². The number of carbonyl (C=O) groups is 2. The SMILES string of the molecule is CC1(C)CC(=O)C2=C(C1)Nc1ccccc1N(CC(=O)NCc1ccc(F)cc1)C2c1ccc(Cl)cc1Cl. The van der Waals surface area contributed by atoms with Crippen LogP contribution in [0.1, 0.15) is 43.9 Å². The van der Waals surface area contributed by atoms with Crippen molar-refractivity contribution in [2.75, 3.05) is 16.8 Å². The minimum absolute atomic E-state index is 0.0179. The smallest absolute Gasteiger partial charge is 0.239 e. The van der Waals surface area contributed by atoms with Crippen LogP contribution in [0.4, 0.5) is 15.8 Å². The minimum Gasteiger partial charge on any atom is -0.357 e. The predicted molar refractivity (Wildman–Crippen MR) is 150 cm³/mol. The van der Waals surface area contributed by atoms with Crippen LogP contribution in [0.2, 0.25) is 10.0 Å². The third kappa shape index (κ3) is 5.42. The zero-order valence-corrected chi connectivity index (χ0v) is 22.7. The highest BCUT2D eigenvalue weighted by molar-refractivity contribution is 6.35. The van der Waals surface area contributed by atoms with Gasteiger partial charge in [-0.05, 0) is 59.4 Å². The number of ketones is 1. The number of amides is 1. The van der Waals surface area contributed by atoms with E-state index < -0.39 is 6.04 Å². The summed E-state index contributed by atoms with van der Waals surface area (Å²) in [5.41, 5.74) is 4.30. The highest BCUT2D eigenvalue weighted by atomic mass is 35.5. The number of halogens is 3. The van der Waals surface area contributed by atoms with Gasteiger partial charge in [0.15, 0.2) is 5.78 Å². The molecule has 8 heteroatoms. The summed E-state index contributed by atoms with van der Waals surface area (Å²) in [6.07, 6.45) is 1.06. The molecule has 1 unspecified atom stereocenters. The monoisotopic (exact) mass is 551 g/mol. The van der Waals surface area contributed by atoms with Crippen LogP contribution in [0.5, 0.6) is 0 Å². The van der Waals surface area contributed by atoms with Gasteiger partial charge in [0.05, 0.1) is 24.0 Å². The van der Waals surface area contributed by atoms with Gasteiger partial charge in [0, 0.05) is 34.3 Å². The average molecular weight is 552 g/mol. The topological polar surface area (TPSA) is 61.4 Å². The zero-order chi connectivity index (χ0) is 27.0. The maximum Gasteiger partial charge on any atom is 0.239 e. The molecule has 1 heterocycles. The molecule has 38 heavy (non-hydrogen) atoms. The molecule has 2 aliphatic rings. The van der Waals surface area contributed by atoms with Crippen molar-refractivity contribution < 1.29 is 14.0 Å². The Morgan fingerprint density at radius 3 is 2.55 bits per heavy atom. The van der Waals surface area contributed by atoms with Gasteiger partial charge in [-0.3, -0.25) is 9.59 Å². The van der Waals surface area contributed by atoms with E-state index >= 15 is 0 Å². The van der Waals surface area contributed by atoms with E-state index in [0.29, 0.717) is 34.0 Å². The van der Waals surface area contributed by atoms with Crippen LogP contribution in [-0.4, -0.2) is 18.2 Å². The van der Waals surface area contributed by atoms with E-state index in [1.54, 1.807) is 24.3 Å². The van der Waals surface area contributed by atoms with Gasteiger partial charge in [-0.2, -0.15) is 0 Å². The second-order valence-electron chi connectivity index (χ2n) is 10.6. The Bertz CT molecular complexity index is 1440. The number of carbonyl (C=O) groups excluding carboxylic acids is 2. The Morgan fingerprint density at radius 2 is 1.82 bits per heavy atom. The molecule has 0 fully saturated rings. The normalized spacial score (nSPS) is 18.3. The third-order valence-electron chi connectivity index (χ3n) is 6.98. The minimum atomic E-state index is -0.605. The lowest BCUT2D eigenvalue weighted by Gasteiger charge is -2.38. The zero-order valence-electron chi connectivity index (χ0n) is 21.2. The Morgan fingerprint density at radius 1 is 1.08 bits per heavy atom. The number of nitrogens with zero attached hydrogens (tertiary/aromatic N) is 1. The van der Waals surface area contributed by atoms with Crippen molar-refractivity contribution in [1.82, 2.24) is 5.32 Å². The second-order valence-corrected chi connectivity index (χ2v) is 11.4. The molecule has 0 saturated heterocycles. The molecule has 0 spiro atoms. The summed E-state index contributed by atoms with van der Waals surface area (Å²) in [7, 11) is 0. The first-order chi connectivity index (χ1) is 18.1. The number of para-hydroxylation sites is 2. The highest BCUT2D eigenvalue weighted by Crippen LogP contribution is 2.49. The Hall–Kier alpha value is -3.35. The molecule has 0 aromatic heterocycles. The van der Waals surface area contributed by atoms with Crippen molar-refractivity contribution in [1.29, 1.82) is 0 Å². The van der Waals surface area contributed by atoms with Gasteiger partial charge in [-0.25, -0.2) is 4.39 Å². The van der Waals surface area contributed by atoms with Gasteiger partial charge >= 0.3 is 0 Å². The van der Waals surface area contributed by atoms with Crippen molar-refractivity contribution in [2.24, 2.45) is 5.41 Å². The van der Waals surface area contributed by atoms with Crippen molar-refractivity contribution in [3.63, 3.8) is 0 Å². The van der Waals surface area contributed by atoms with E-state index in [4.69, 9.17) is 23.2 Å². The Labute approximate surface area is 231 Å². The maximum absolute atomic E-state index is 13.8. The van der Waals surface area contributed by atoms with E-state index in [9.17, 15) is 14.0 Å². The lowest BCUT2D eigenvalue weighted by molar-refractivity contribution is -0.120. The lowest BCUT2D eigenvalue weighted by Crippen LogP contribution is -2.42. The van der Waals surface area contributed by atoms with E-state index in [2.05, 4.69) is 24.5 Å². The van der Waals surface area contributed by atoms with Crippen LogP contribution in [0.3, 0.4) is 0 Å². The standard InChI is InChI=1S/C30H28Cl2FN3O2/c1-30(2)14-24-28(26(37)15-30)29(21-12-9-19(31)13-22(21)32)36(25-6-4-3-5-23(25)35-24)17-27(38)34-16-18-7-10-20(33)11-8-18/h3-13,29,35H,14-17H2,1-2H3,(H,34,38).